The Kier molecular flexibility index (Phi) is 6.52. The van der Waals surface area contributed by atoms with Crippen molar-refractivity contribution in [2.45, 2.75) is 17.7 Å². The standard InChI is InChI=1S/C17H22N2O6S/c1-2-8-19-26(23,24)14-5-3-4-13(11-14)15(20)18-12-17(16(21)22)6-9-25-10-7-17/h2-5,11,19H,1,6-10,12H2,(H,18,20)(H,21,22). The van der Waals surface area contributed by atoms with Crippen molar-refractivity contribution in [1.29, 1.82) is 0 Å². The van der Waals surface area contributed by atoms with Crippen LogP contribution < -0.4 is 10.0 Å². The molecule has 0 atom stereocenters. The SMILES string of the molecule is C=CCNS(=O)(=O)c1cccc(C(=O)NCC2(C(=O)O)CCOCC2)c1. The van der Waals surface area contributed by atoms with Gasteiger partial charge in [0.05, 0.1) is 10.3 Å². The lowest BCUT2D eigenvalue weighted by Gasteiger charge is -2.33. The topological polar surface area (TPSA) is 122 Å². The average Bonchev–Trinajstić information content (AvgIpc) is 2.65. The molecule has 0 unspecified atom stereocenters. The summed E-state index contributed by atoms with van der Waals surface area (Å²) >= 11 is 0. The number of aliphatic carboxylic acids is 1. The molecule has 1 aromatic rings. The number of rotatable bonds is 8. The van der Waals surface area contributed by atoms with Crippen LogP contribution in [0.2, 0.25) is 0 Å². The Bertz CT molecular complexity index is 784. The number of sulfonamides is 1. The van der Waals surface area contributed by atoms with Gasteiger partial charge in [-0.05, 0) is 31.0 Å². The van der Waals surface area contributed by atoms with Gasteiger partial charge in [0.15, 0.2) is 0 Å². The van der Waals surface area contributed by atoms with E-state index in [1.165, 1.54) is 30.3 Å². The van der Waals surface area contributed by atoms with Crippen LogP contribution in [0.1, 0.15) is 23.2 Å². The second-order valence-electron chi connectivity index (χ2n) is 6.05. The van der Waals surface area contributed by atoms with E-state index in [-0.39, 0.29) is 23.5 Å². The van der Waals surface area contributed by atoms with Crippen LogP contribution in [-0.2, 0) is 19.6 Å². The van der Waals surface area contributed by atoms with Gasteiger partial charge in [-0.3, -0.25) is 9.59 Å². The van der Waals surface area contributed by atoms with Crippen LogP contribution in [0.3, 0.4) is 0 Å². The Hall–Kier alpha value is -2.23. The van der Waals surface area contributed by atoms with Gasteiger partial charge >= 0.3 is 5.97 Å². The third-order valence-electron chi connectivity index (χ3n) is 4.32. The van der Waals surface area contributed by atoms with Gasteiger partial charge in [0.2, 0.25) is 10.0 Å². The van der Waals surface area contributed by atoms with E-state index in [2.05, 4.69) is 16.6 Å². The molecule has 9 heteroatoms. The van der Waals surface area contributed by atoms with Crippen LogP contribution in [0.4, 0.5) is 0 Å². The molecule has 2 rings (SSSR count). The number of nitrogens with one attached hydrogen (secondary N) is 2. The molecule has 1 aromatic carbocycles. The van der Waals surface area contributed by atoms with Crippen LogP contribution >= 0.6 is 0 Å². The van der Waals surface area contributed by atoms with Crippen molar-refractivity contribution < 1.29 is 27.9 Å². The average molecular weight is 382 g/mol. The first kappa shape index (κ1) is 20.1. The highest BCUT2D eigenvalue weighted by molar-refractivity contribution is 7.89. The Labute approximate surface area is 152 Å². The molecule has 0 spiro atoms. The minimum atomic E-state index is -3.75. The minimum absolute atomic E-state index is 0.0454. The van der Waals surface area contributed by atoms with Crippen molar-refractivity contribution >= 4 is 21.9 Å². The maximum absolute atomic E-state index is 12.4. The molecule has 1 aliphatic heterocycles. The van der Waals surface area contributed by atoms with Gasteiger partial charge in [-0.2, -0.15) is 0 Å². The first-order valence-electron chi connectivity index (χ1n) is 8.11. The second kappa shape index (κ2) is 8.43. The third-order valence-corrected chi connectivity index (χ3v) is 5.74. The monoisotopic (exact) mass is 382 g/mol. The molecule has 0 radical (unpaired) electrons. The first-order chi connectivity index (χ1) is 12.3. The van der Waals surface area contributed by atoms with E-state index >= 15 is 0 Å². The van der Waals surface area contributed by atoms with Gasteiger partial charge in [-0.15, -0.1) is 6.58 Å². The second-order valence-corrected chi connectivity index (χ2v) is 7.82. The summed E-state index contributed by atoms with van der Waals surface area (Å²) in [6.07, 6.45) is 2.03. The van der Waals surface area contributed by atoms with Gasteiger partial charge in [-0.1, -0.05) is 12.1 Å². The zero-order valence-electron chi connectivity index (χ0n) is 14.2. The van der Waals surface area contributed by atoms with E-state index in [1.54, 1.807) is 0 Å². The van der Waals surface area contributed by atoms with E-state index in [4.69, 9.17) is 4.74 Å². The molecular formula is C17H22N2O6S. The fourth-order valence-electron chi connectivity index (χ4n) is 2.64. The number of hydrogen-bond acceptors (Lipinski definition) is 5. The number of carbonyl (C=O) groups excluding carboxylic acids is 1. The number of carboxylic acid groups (broad SMARTS) is 1. The van der Waals surface area contributed by atoms with Crippen LogP contribution in [0.15, 0.2) is 41.8 Å². The maximum Gasteiger partial charge on any atom is 0.311 e. The third kappa shape index (κ3) is 4.69. The highest BCUT2D eigenvalue weighted by Gasteiger charge is 2.40. The van der Waals surface area contributed by atoms with Crippen LogP contribution in [0.25, 0.3) is 0 Å². The van der Waals surface area contributed by atoms with Crippen molar-refractivity contribution in [3.8, 4) is 0 Å². The zero-order chi connectivity index (χ0) is 19.2. The Morgan fingerprint density at radius 1 is 1.31 bits per heavy atom. The number of carbonyl (C=O) groups is 2. The molecule has 1 aliphatic rings. The summed E-state index contributed by atoms with van der Waals surface area (Å²) < 4.78 is 31.8. The van der Waals surface area contributed by atoms with Crippen LogP contribution in [-0.4, -0.2) is 51.7 Å². The van der Waals surface area contributed by atoms with Crippen molar-refractivity contribution in [3.63, 3.8) is 0 Å². The van der Waals surface area contributed by atoms with Crippen molar-refractivity contribution in [2.24, 2.45) is 5.41 Å². The number of ether oxygens (including phenoxy) is 1. The minimum Gasteiger partial charge on any atom is -0.481 e. The summed E-state index contributed by atoms with van der Waals surface area (Å²) in [4.78, 5) is 23.9. The Morgan fingerprint density at radius 2 is 2.00 bits per heavy atom. The molecule has 1 saturated heterocycles. The quantitative estimate of drug-likeness (QED) is 0.571. The van der Waals surface area contributed by atoms with E-state index in [0.29, 0.717) is 26.1 Å². The first-order valence-corrected chi connectivity index (χ1v) is 9.59. The maximum atomic E-state index is 12.4. The molecule has 3 N–H and O–H groups in total. The summed E-state index contributed by atoms with van der Waals surface area (Å²) in [6, 6.07) is 5.55. The van der Waals surface area contributed by atoms with Crippen molar-refractivity contribution in [3.05, 3.63) is 42.5 Å². The molecule has 0 aliphatic carbocycles. The summed E-state index contributed by atoms with van der Waals surface area (Å²) in [5.41, 5.74) is -0.928. The van der Waals surface area contributed by atoms with Crippen LogP contribution in [0, 0.1) is 5.41 Å². The number of amides is 1. The molecule has 1 heterocycles. The summed E-state index contributed by atoms with van der Waals surface area (Å²) in [6.45, 7) is 4.12. The number of hydrogen-bond donors (Lipinski definition) is 3. The molecule has 1 fully saturated rings. The fourth-order valence-corrected chi connectivity index (χ4v) is 3.68. The molecule has 0 bridgehead atoms. The molecule has 142 valence electrons. The molecule has 0 aromatic heterocycles. The van der Waals surface area contributed by atoms with Gasteiger partial charge in [0.25, 0.3) is 5.91 Å². The van der Waals surface area contributed by atoms with Gasteiger partial charge in [0, 0.05) is 31.9 Å². The summed E-state index contributed by atoms with van der Waals surface area (Å²) in [7, 11) is -3.75. The summed E-state index contributed by atoms with van der Waals surface area (Å²) in [5, 5.41) is 12.1. The van der Waals surface area contributed by atoms with Crippen molar-refractivity contribution in [1.82, 2.24) is 10.0 Å². The molecule has 8 nitrogen and oxygen atoms in total. The van der Waals surface area contributed by atoms with Gasteiger partial charge in [0.1, 0.15) is 0 Å². The van der Waals surface area contributed by atoms with Crippen molar-refractivity contribution in [2.75, 3.05) is 26.3 Å². The van der Waals surface area contributed by atoms with E-state index < -0.39 is 27.3 Å². The van der Waals surface area contributed by atoms with Gasteiger partial charge in [-0.25, -0.2) is 13.1 Å². The molecule has 1 amide bonds. The van der Waals surface area contributed by atoms with Crippen LogP contribution in [0.5, 0.6) is 0 Å². The smallest absolute Gasteiger partial charge is 0.311 e. The Morgan fingerprint density at radius 3 is 2.62 bits per heavy atom. The highest BCUT2D eigenvalue weighted by atomic mass is 32.2. The summed E-state index contributed by atoms with van der Waals surface area (Å²) in [5.74, 6) is -1.51. The highest BCUT2D eigenvalue weighted by Crippen LogP contribution is 2.30. The lowest BCUT2D eigenvalue weighted by molar-refractivity contribution is -0.154. The Balaban J connectivity index is 2.11. The predicted octanol–water partition coefficient (Wildman–Crippen LogP) is 0.762. The number of benzene rings is 1. The molecule has 0 saturated carbocycles. The lowest BCUT2D eigenvalue weighted by atomic mass is 9.80. The zero-order valence-corrected chi connectivity index (χ0v) is 15.0. The normalized spacial score (nSPS) is 16.6. The van der Waals surface area contributed by atoms with E-state index in [9.17, 15) is 23.1 Å². The van der Waals surface area contributed by atoms with E-state index in [1.807, 2.05) is 0 Å². The molecular weight excluding hydrogens is 360 g/mol. The molecule has 26 heavy (non-hydrogen) atoms. The fraction of sp³-hybridized carbons (Fsp3) is 0.412. The largest absolute Gasteiger partial charge is 0.481 e. The predicted molar refractivity (Wildman–Crippen MR) is 94.3 cm³/mol. The van der Waals surface area contributed by atoms with E-state index in [0.717, 1.165) is 0 Å². The number of carboxylic acids is 1. The van der Waals surface area contributed by atoms with Gasteiger partial charge < -0.3 is 15.2 Å². The lowest BCUT2D eigenvalue weighted by Crippen LogP contribution is -2.46.